The summed E-state index contributed by atoms with van der Waals surface area (Å²) < 4.78 is 0. The van der Waals surface area contributed by atoms with Crippen LogP contribution in [-0.2, 0) is 16.1 Å². The Morgan fingerprint density at radius 2 is 1.92 bits per heavy atom. The number of imide groups is 1. The average Bonchev–Trinajstić information content (AvgIpc) is 2.55. The van der Waals surface area contributed by atoms with E-state index in [9.17, 15) is 14.4 Å². The first-order chi connectivity index (χ1) is 11.1. The maximum absolute atomic E-state index is 12.6. The first kappa shape index (κ1) is 20.3. The SMILES string of the molecule is Br.CCN(CC)C(=O)c1ccccc1CN[C@H]1CCC(=O)NC1=O. The summed E-state index contributed by atoms with van der Waals surface area (Å²) in [6.45, 7) is 5.63. The predicted molar refractivity (Wildman–Crippen MR) is 97.0 cm³/mol. The van der Waals surface area contributed by atoms with Crippen LogP contribution in [0.1, 0.15) is 42.6 Å². The number of rotatable bonds is 6. The summed E-state index contributed by atoms with van der Waals surface area (Å²) in [6.07, 6.45) is 0.820. The van der Waals surface area contributed by atoms with Gasteiger partial charge >= 0.3 is 0 Å². The summed E-state index contributed by atoms with van der Waals surface area (Å²) in [4.78, 5) is 37.3. The molecule has 1 fully saturated rings. The molecule has 24 heavy (non-hydrogen) atoms. The van der Waals surface area contributed by atoms with Crippen molar-refractivity contribution in [1.29, 1.82) is 0 Å². The van der Waals surface area contributed by atoms with E-state index in [1.54, 1.807) is 4.90 Å². The monoisotopic (exact) mass is 397 g/mol. The number of amides is 3. The summed E-state index contributed by atoms with van der Waals surface area (Å²) in [7, 11) is 0. The Balaban J connectivity index is 0.00000288. The van der Waals surface area contributed by atoms with Crippen LogP contribution in [-0.4, -0.2) is 41.8 Å². The van der Waals surface area contributed by atoms with Crippen LogP contribution >= 0.6 is 17.0 Å². The number of hydrogen-bond acceptors (Lipinski definition) is 4. The number of benzene rings is 1. The van der Waals surface area contributed by atoms with Crippen molar-refractivity contribution in [1.82, 2.24) is 15.5 Å². The molecule has 132 valence electrons. The standard InChI is InChI=1S/C17H23N3O3.BrH/c1-3-20(4-2)17(23)13-8-6-5-7-12(13)11-18-14-9-10-15(21)19-16(14)22;/h5-8,14,18H,3-4,9-11H2,1-2H3,(H,19,21,22);1H/t14-;/m0./s1. The molecule has 1 aliphatic rings. The van der Waals surface area contributed by atoms with Crippen LogP contribution in [0.25, 0.3) is 0 Å². The molecule has 6 nitrogen and oxygen atoms in total. The molecular formula is C17H24BrN3O3. The van der Waals surface area contributed by atoms with E-state index >= 15 is 0 Å². The van der Waals surface area contributed by atoms with E-state index in [-0.39, 0.29) is 34.7 Å². The molecule has 1 atom stereocenters. The Hall–Kier alpha value is -1.73. The highest BCUT2D eigenvalue weighted by molar-refractivity contribution is 8.93. The topological polar surface area (TPSA) is 78.5 Å². The fourth-order valence-electron chi connectivity index (χ4n) is 2.69. The molecule has 0 bridgehead atoms. The Morgan fingerprint density at radius 3 is 2.54 bits per heavy atom. The smallest absolute Gasteiger partial charge is 0.254 e. The zero-order valence-corrected chi connectivity index (χ0v) is 15.7. The lowest BCUT2D eigenvalue weighted by Crippen LogP contribution is -2.50. The second kappa shape index (κ2) is 9.54. The summed E-state index contributed by atoms with van der Waals surface area (Å²) in [5.41, 5.74) is 1.50. The third kappa shape index (κ3) is 4.88. The van der Waals surface area contributed by atoms with Gasteiger partial charge in [0.25, 0.3) is 5.91 Å². The molecule has 0 aliphatic carbocycles. The second-order valence-corrected chi connectivity index (χ2v) is 5.52. The van der Waals surface area contributed by atoms with Crippen LogP contribution in [0.5, 0.6) is 0 Å². The molecule has 0 spiro atoms. The van der Waals surface area contributed by atoms with Crippen molar-refractivity contribution < 1.29 is 14.4 Å². The van der Waals surface area contributed by atoms with Gasteiger partial charge in [-0.05, 0) is 31.9 Å². The van der Waals surface area contributed by atoms with Crippen molar-refractivity contribution in [3.63, 3.8) is 0 Å². The lowest BCUT2D eigenvalue weighted by atomic mass is 10.0. The minimum Gasteiger partial charge on any atom is -0.339 e. The van der Waals surface area contributed by atoms with E-state index in [1.165, 1.54) is 0 Å². The number of nitrogens with zero attached hydrogens (tertiary/aromatic N) is 1. The van der Waals surface area contributed by atoms with Crippen molar-refractivity contribution in [3.05, 3.63) is 35.4 Å². The molecule has 3 amide bonds. The van der Waals surface area contributed by atoms with Gasteiger partial charge < -0.3 is 10.2 Å². The van der Waals surface area contributed by atoms with Crippen LogP contribution in [0.2, 0.25) is 0 Å². The van der Waals surface area contributed by atoms with E-state index < -0.39 is 6.04 Å². The summed E-state index contributed by atoms with van der Waals surface area (Å²) >= 11 is 0. The van der Waals surface area contributed by atoms with Gasteiger partial charge in [0.1, 0.15) is 0 Å². The Kier molecular flexibility index (Phi) is 8.07. The number of nitrogens with one attached hydrogen (secondary N) is 2. The third-order valence-electron chi connectivity index (χ3n) is 4.08. The van der Waals surface area contributed by atoms with E-state index in [1.807, 2.05) is 38.1 Å². The molecule has 0 saturated carbocycles. The van der Waals surface area contributed by atoms with Gasteiger partial charge in [0.05, 0.1) is 6.04 Å². The van der Waals surface area contributed by atoms with Crippen LogP contribution in [0.4, 0.5) is 0 Å². The lowest BCUT2D eigenvalue weighted by Gasteiger charge is -2.23. The van der Waals surface area contributed by atoms with Gasteiger partial charge in [-0.25, -0.2) is 0 Å². The first-order valence-electron chi connectivity index (χ1n) is 8.01. The van der Waals surface area contributed by atoms with Crippen LogP contribution < -0.4 is 10.6 Å². The molecule has 0 aromatic heterocycles. The van der Waals surface area contributed by atoms with Gasteiger partial charge in [0.15, 0.2) is 0 Å². The van der Waals surface area contributed by atoms with E-state index in [4.69, 9.17) is 0 Å². The van der Waals surface area contributed by atoms with Crippen LogP contribution in [0, 0.1) is 0 Å². The zero-order valence-electron chi connectivity index (χ0n) is 14.0. The van der Waals surface area contributed by atoms with E-state index in [0.717, 1.165) is 5.56 Å². The fraction of sp³-hybridized carbons (Fsp3) is 0.471. The highest BCUT2D eigenvalue weighted by Gasteiger charge is 2.26. The third-order valence-corrected chi connectivity index (χ3v) is 4.08. The Bertz CT molecular complexity index is 602. The van der Waals surface area contributed by atoms with Gasteiger partial charge in [0, 0.05) is 31.6 Å². The molecule has 2 rings (SSSR count). The second-order valence-electron chi connectivity index (χ2n) is 5.52. The van der Waals surface area contributed by atoms with Crippen molar-refractivity contribution >= 4 is 34.7 Å². The number of halogens is 1. The van der Waals surface area contributed by atoms with E-state index in [2.05, 4.69) is 10.6 Å². The number of carbonyl (C=O) groups excluding carboxylic acids is 3. The summed E-state index contributed by atoms with van der Waals surface area (Å²) in [5.74, 6) is -0.533. The van der Waals surface area contributed by atoms with E-state index in [0.29, 0.717) is 38.0 Å². The number of piperidine rings is 1. The summed E-state index contributed by atoms with van der Waals surface area (Å²) in [5, 5.41) is 5.47. The van der Waals surface area contributed by atoms with Crippen molar-refractivity contribution in [2.75, 3.05) is 13.1 Å². The van der Waals surface area contributed by atoms with Crippen molar-refractivity contribution in [2.24, 2.45) is 0 Å². The molecular weight excluding hydrogens is 374 g/mol. The Labute approximate surface area is 152 Å². The van der Waals surface area contributed by atoms with Gasteiger partial charge in [-0.3, -0.25) is 19.7 Å². The fourth-order valence-corrected chi connectivity index (χ4v) is 2.69. The normalized spacial score (nSPS) is 17.0. The maximum atomic E-state index is 12.6. The molecule has 0 unspecified atom stereocenters. The maximum Gasteiger partial charge on any atom is 0.254 e. The van der Waals surface area contributed by atoms with Gasteiger partial charge in [-0.15, -0.1) is 17.0 Å². The lowest BCUT2D eigenvalue weighted by molar-refractivity contribution is -0.134. The average molecular weight is 398 g/mol. The molecule has 2 N–H and O–H groups in total. The molecule has 0 radical (unpaired) electrons. The number of carbonyl (C=O) groups is 3. The molecule has 1 saturated heterocycles. The van der Waals surface area contributed by atoms with Gasteiger partial charge in [-0.2, -0.15) is 0 Å². The minimum absolute atomic E-state index is 0. The molecule has 1 aromatic rings. The first-order valence-corrected chi connectivity index (χ1v) is 8.01. The highest BCUT2D eigenvalue weighted by atomic mass is 79.9. The van der Waals surface area contributed by atoms with Crippen molar-refractivity contribution in [2.45, 2.75) is 39.3 Å². The predicted octanol–water partition coefficient (Wildman–Crippen LogP) is 1.64. The van der Waals surface area contributed by atoms with Crippen LogP contribution in [0.3, 0.4) is 0 Å². The molecule has 1 aromatic carbocycles. The van der Waals surface area contributed by atoms with Gasteiger partial charge in [0.2, 0.25) is 11.8 Å². The Morgan fingerprint density at radius 1 is 1.25 bits per heavy atom. The van der Waals surface area contributed by atoms with Crippen molar-refractivity contribution in [3.8, 4) is 0 Å². The molecule has 1 heterocycles. The molecule has 7 heteroatoms. The minimum atomic E-state index is -0.399. The number of hydrogen-bond donors (Lipinski definition) is 2. The highest BCUT2D eigenvalue weighted by Crippen LogP contribution is 2.13. The van der Waals surface area contributed by atoms with Gasteiger partial charge in [-0.1, -0.05) is 18.2 Å². The largest absolute Gasteiger partial charge is 0.339 e. The quantitative estimate of drug-likeness (QED) is 0.715. The summed E-state index contributed by atoms with van der Waals surface area (Å²) in [6, 6.07) is 7.01. The molecule has 1 aliphatic heterocycles. The zero-order chi connectivity index (χ0) is 16.8. The van der Waals surface area contributed by atoms with Crippen LogP contribution in [0.15, 0.2) is 24.3 Å².